The Morgan fingerprint density at radius 2 is 2.36 bits per heavy atom. The first-order valence-electron chi connectivity index (χ1n) is 3.35. The molecule has 0 rings (SSSR count). The molecule has 0 aromatic heterocycles. The molecule has 0 amide bonds. The van der Waals surface area contributed by atoms with E-state index in [0.29, 0.717) is 5.75 Å². The van der Waals surface area contributed by atoms with E-state index in [0.717, 1.165) is 5.70 Å². The maximum Gasteiger partial charge on any atom is 0.326 e. The molecule has 64 valence electrons. The highest BCUT2D eigenvalue weighted by Gasteiger charge is 2.13. The third kappa shape index (κ3) is 3.93. The number of hydrogen-bond donors (Lipinski definition) is 3. The first-order valence-corrected chi connectivity index (χ1v) is 3.98. The summed E-state index contributed by atoms with van der Waals surface area (Å²) in [6, 6.07) is -0.588. The van der Waals surface area contributed by atoms with Crippen LogP contribution in [0.1, 0.15) is 13.8 Å². The molecule has 0 saturated carbocycles. The Balaban J connectivity index is 3.98. The van der Waals surface area contributed by atoms with Crippen LogP contribution in [0.5, 0.6) is 0 Å². The van der Waals surface area contributed by atoms with Crippen molar-refractivity contribution >= 4 is 18.6 Å². The number of carbonyl (C=O) groups is 1. The Labute approximate surface area is 71.9 Å². The number of carboxylic acid groups (broad SMARTS) is 1. The molecule has 0 aliphatic carbocycles. The minimum Gasteiger partial charge on any atom is -0.480 e. The molecule has 0 aliphatic heterocycles. The monoisotopic (exact) mass is 175 g/mol. The van der Waals surface area contributed by atoms with Crippen LogP contribution in [0.25, 0.3) is 0 Å². The Kier molecular flexibility index (Phi) is 4.77. The van der Waals surface area contributed by atoms with Gasteiger partial charge in [-0.15, -0.1) is 0 Å². The molecule has 4 heteroatoms. The lowest BCUT2D eigenvalue weighted by atomic mass is 10.3. The van der Waals surface area contributed by atoms with Crippen molar-refractivity contribution in [2.45, 2.75) is 19.9 Å². The Morgan fingerprint density at radius 1 is 1.82 bits per heavy atom. The van der Waals surface area contributed by atoms with Gasteiger partial charge in [-0.05, 0) is 13.8 Å². The second-order valence-corrected chi connectivity index (χ2v) is 2.55. The van der Waals surface area contributed by atoms with E-state index in [9.17, 15) is 4.79 Å². The van der Waals surface area contributed by atoms with Crippen molar-refractivity contribution in [2.75, 3.05) is 5.75 Å². The van der Waals surface area contributed by atoms with Gasteiger partial charge in [0.1, 0.15) is 6.04 Å². The average molecular weight is 175 g/mol. The number of carboxylic acids is 1. The molecule has 0 spiro atoms. The second-order valence-electron chi connectivity index (χ2n) is 2.19. The number of allylic oxidation sites excluding steroid dienone is 2. The quantitative estimate of drug-likeness (QED) is 0.556. The van der Waals surface area contributed by atoms with Gasteiger partial charge in [0.25, 0.3) is 0 Å². The Bertz CT molecular complexity index is 168. The molecule has 2 N–H and O–H groups in total. The van der Waals surface area contributed by atoms with Crippen molar-refractivity contribution in [2.24, 2.45) is 0 Å². The van der Waals surface area contributed by atoms with Crippen LogP contribution in [-0.2, 0) is 4.79 Å². The number of rotatable bonds is 4. The minimum atomic E-state index is -0.874. The van der Waals surface area contributed by atoms with E-state index >= 15 is 0 Å². The van der Waals surface area contributed by atoms with Crippen molar-refractivity contribution in [3.8, 4) is 0 Å². The molecule has 0 aliphatic rings. The molecule has 1 atom stereocenters. The van der Waals surface area contributed by atoms with Crippen LogP contribution in [0.15, 0.2) is 11.8 Å². The fourth-order valence-electron chi connectivity index (χ4n) is 0.544. The topological polar surface area (TPSA) is 49.3 Å². The molecular formula is C7H13NO2S. The van der Waals surface area contributed by atoms with E-state index in [-0.39, 0.29) is 0 Å². The molecule has 0 aromatic carbocycles. The zero-order valence-corrected chi connectivity index (χ0v) is 7.56. The van der Waals surface area contributed by atoms with Crippen molar-refractivity contribution < 1.29 is 9.90 Å². The summed E-state index contributed by atoms with van der Waals surface area (Å²) in [7, 11) is 0. The number of aliphatic carboxylic acids is 1. The summed E-state index contributed by atoms with van der Waals surface area (Å²) in [4.78, 5) is 10.4. The molecule has 11 heavy (non-hydrogen) atoms. The molecule has 0 saturated heterocycles. The maximum atomic E-state index is 10.4. The molecule has 0 radical (unpaired) electrons. The van der Waals surface area contributed by atoms with Gasteiger partial charge in [-0.25, -0.2) is 4.79 Å². The molecule has 0 heterocycles. The van der Waals surface area contributed by atoms with Crippen LogP contribution >= 0.6 is 12.6 Å². The number of hydrogen-bond acceptors (Lipinski definition) is 3. The minimum absolute atomic E-state index is 0.292. The van der Waals surface area contributed by atoms with Gasteiger partial charge < -0.3 is 10.4 Å². The summed E-state index contributed by atoms with van der Waals surface area (Å²) >= 11 is 3.90. The molecule has 0 aromatic rings. The summed E-state index contributed by atoms with van der Waals surface area (Å²) < 4.78 is 0. The van der Waals surface area contributed by atoms with Crippen molar-refractivity contribution in [3.63, 3.8) is 0 Å². The molecule has 3 nitrogen and oxygen atoms in total. The fourth-order valence-corrected chi connectivity index (χ4v) is 0.791. The van der Waals surface area contributed by atoms with Gasteiger partial charge >= 0.3 is 5.97 Å². The van der Waals surface area contributed by atoms with E-state index < -0.39 is 12.0 Å². The largest absolute Gasteiger partial charge is 0.480 e. The Morgan fingerprint density at radius 3 is 2.64 bits per heavy atom. The van der Waals surface area contributed by atoms with Gasteiger partial charge in [-0.1, -0.05) is 6.08 Å². The van der Waals surface area contributed by atoms with Gasteiger partial charge in [0.15, 0.2) is 0 Å². The van der Waals surface area contributed by atoms with E-state index in [2.05, 4.69) is 17.9 Å². The number of nitrogens with one attached hydrogen (secondary N) is 1. The predicted octanol–water partition coefficient (Wildman–Crippen LogP) is 0.883. The highest BCUT2D eigenvalue weighted by molar-refractivity contribution is 7.80. The van der Waals surface area contributed by atoms with E-state index in [1.807, 2.05) is 19.9 Å². The van der Waals surface area contributed by atoms with Gasteiger partial charge in [-0.3, -0.25) is 0 Å². The van der Waals surface area contributed by atoms with Crippen molar-refractivity contribution in [1.29, 1.82) is 0 Å². The second kappa shape index (κ2) is 5.07. The van der Waals surface area contributed by atoms with Crippen LogP contribution in [0, 0.1) is 0 Å². The highest BCUT2D eigenvalue weighted by Crippen LogP contribution is 1.93. The van der Waals surface area contributed by atoms with E-state index in [1.165, 1.54) is 0 Å². The number of thiol groups is 1. The lowest BCUT2D eigenvalue weighted by Gasteiger charge is -2.12. The maximum absolute atomic E-state index is 10.4. The zero-order valence-electron chi connectivity index (χ0n) is 6.66. The van der Waals surface area contributed by atoms with E-state index in [4.69, 9.17) is 5.11 Å². The van der Waals surface area contributed by atoms with Crippen LogP contribution in [0.2, 0.25) is 0 Å². The first kappa shape index (κ1) is 10.4. The SMILES string of the molecule is CC=C(C)NC(CS)C(=O)O. The average Bonchev–Trinajstić information content (AvgIpc) is 1.99. The van der Waals surface area contributed by atoms with Gasteiger partial charge in [0, 0.05) is 11.4 Å². The van der Waals surface area contributed by atoms with Crippen molar-refractivity contribution in [3.05, 3.63) is 11.8 Å². The van der Waals surface area contributed by atoms with Gasteiger partial charge in [0.05, 0.1) is 0 Å². The summed E-state index contributed by atoms with van der Waals surface area (Å²) in [6.45, 7) is 3.67. The lowest BCUT2D eigenvalue weighted by molar-refractivity contribution is -0.138. The molecule has 0 fully saturated rings. The lowest BCUT2D eigenvalue weighted by Crippen LogP contribution is -2.36. The van der Waals surface area contributed by atoms with Gasteiger partial charge in [-0.2, -0.15) is 12.6 Å². The summed E-state index contributed by atoms with van der Waals surface area (Å²) in [5.41, 5.74) is 0.853. The standard InChI is InChI=1S/C7H13NO2S/c1-3-5(2)8-6(4-11)7(9)10/h3,6,8,11H,4H2,1-2H3,(H,9,10). The summed E-state index contributed by atoms with van der Waals surface area (Å²) in [6.07, 6.45) is 1.82. The normalized spacial score (nSPS) is 14.3. The predicted molar refractivity (Wildman–Crippen MR) is 47.8 cm³/mol. The zero-order chi connectivity index (χ0) is 8.85. The highest BCUT2D eigenvalue weighted by atomic mass is 32.1. The Hall–Kier alpha value is -0.640. The van der Waals surface area contributed by atoms with Crippen molar-refractivity contribution in [1.82, 2.24) is 5.32 Å². The smallest absolute Gasteiger partial charge is 0.326 e. The molecular weight excluding hydrogens is 162 g/mol. The third-order valence-corrected chi connectivity index (χ3v) is 1.68. The molecule has 1 unspecified atom stereocenters. The van der Waals surface area contributed by atoms with Crippen LogP contribution in [-0.4, -0.2) is 22.9 Å². The fraction of sp³-hybridized carbons (Fsp3) is 0.571. The third-order valence-electron chi connectivity index (χ3n) is 1.32. The summed E-state index contributed by atoms with van der Waals surface area (Å²) in [5, 5.41) is 11.4. The van der Waals surface area contributed by atoms with Crippen LogP contribution < -0.4 is 5.32 Å². The summed E-state index contributed by atoms with van der Waals surface area (Å²) in [5.74, 6) is -0.582. The van der Waals surface area contributed by atoms with E-state index in [1.54, 1.807) is 0 Å². The van der Waals surface area contributed by atoms with Crippen LogP contribution in [0.3, 0.4) is 0 Å². The molecule has 0 bridgehead atoms. The van der Waals surface area contributed by atoms with Crippen LogP contribution in [0.4, 0.5) is 0 Å². The first-order chi connectivity index (χ1) is 5.11. The van der Waals surface area contributed by atoms with Gasteiger partial charge in [0.2, 0.25) is 0 Å².